The molecule has 1 aromatic rings. The molecule has 0 heterocycles. The van der Waals surface area contributed by atoms with Crippen LogP contribution in [-0.4, -0.2) is 22.4 Å². The van der Waals surface area contributed by atoms with Gasteiger partial charge in [0.25, 0.3) is 0 Å². The molecule has 0 amide bonds. The topological polar surface area (TPSA) is 40.5 Å². The van der Waals surface area contributed by atoms with E-state index in [1.807, 2.05) is 13.8 Å². The van der Waals surface area contributed by atoms with Gasteiger partial charge in [-0.2, -0.15) is 0 Å². The van der Waals surface area contributed by atoms with E-state index in [1.165, 1.54) is 6.07 Å². The van der Waals surface area contributed by atoms with Crippen molar-refractivity contribution < 1.29 is 14.6 Å². The maximum atomic E-state index is 13.1. The Kier molecular flexibility index (Phi) is 6.26. The first-order valence-corrected chi connectivity index (χ1v) is 7.08. The predicted molar refractivity (Wildman–Crippen MR) is 73.9 cm³/mol. The number of hydrogen-bond acceptors (Lipinski definition) is 2. The molecule has 0 aliphatic heterocycles. The van der Waals surface area contributed by atoms with Crippen LogP contribution in [0.3, 0.4) is 0 Å². The van der Waals surface area contributed by atoms with Gasteiger partial charge >= 0.3 is 0 Å². The number of hydrogen-bond donors (Lipinski definition) is 2. The minimum absolute atomic E-state index is 0.101. The predicted octanol–water partition coefficient (Wildman–Crippen LogP) is 3.29. The Morgan fingerprint density at radius 2 is 1.83 bits per heavy atom. The first-order valence-electron chi connectivity index (χ1n) is 6.29. The van der Waals surface area contributed by atoms with Crippen molar-refractivity contribution in [3.63, 3.8) is 0 Å². The maximum Gasteiger partial charge on any atom is 0.137 e. The van der Waals surface area contributed by atoms with E-state index in [-0.39, 0.29) is 11.7 Å². The number of aliphatic hydroxyl groups excluding tert-OH is 2. The zero-order valence-electron chi connectivity index (χ0n) is 10.7. The number of rotatable bonds is 6. The zero-order valence-corrected chi connectivity index (χ0v) is 12.3. The fraction of sp³-hybridized carbons (Fsp3) is 0.571. The summed E-state index contributed by atoms with van der Waals surface area (Å²) in [5.41, 5.74) is 0.806. The Labute approximate surface area is 116 Å². The standard InChI is InChI=1S/C14H20BrFO2/c1-3-10(4-2)14(18)13(17)8-9-5-6-12(16)11(15)7-9/h5-7,10,13-14,17-18H,3-4,8H2,1-2H3. The van der Waals surface area contributed by atoms with E-state index in [1.54, 1.807) is 12.1 Å². The van der Waals surface area contributed by atoms with Crippen LogP contribution in [0.15, 0.2) is 22.7 Å². The second-order valence-corrected chi connectivity index (χ2v) is 5.44. The fourth-order valence-corrected chi connectivity index (χ4v) is 2.54. The third-order valence-corrected chi connectivity index (χ3v) is 3.96. The van der Waals surface area contributed by atoms with Crippen LogP contribution >= 0.6 is 15.9 Å². The molecular weight excluding hydrogens is 299 g/mol. The minimum Gasteiger partial charge on any atom is -0.390 e. The fourth-order valence-electron chi connectivity index (χ4n) is 2.11. The van der Waals surface area contributed by atoms with Crippen LogP contribution in [0.2, 0.25) is 0 Å². The molecule has 0 bridgehead atoms. The molecule has 0 spiro atoms. The summed E-state index contributed by atoms with van der Waals surface area (Å²) < 4.78 is 13.5. The Hall–Kier alpha value is -0.450. The van der Waals surface area contributed by atoms with Crippen molar-refractivity contribution >= 4 is 15.9 Å². The Morgan fingerprint density at radius 3 is 2.33 bits per heavy atom. The molecule has 18 heavy (non-hydrogen) atoms. The molecule has 2 unspecified atom stereocenters. The van der Waals surface area contributed by atoms with Crippen molar-refractivity contribution in [1.82, 2.24) is 0 Å². The second kappa shape index (κ2) is 7.22. The monoisotopic (exact) mass is 318 g/mol. The van der Waals surface area contributed by atoms with Crippen molar-refractivity contribution in [2.45, 2.75) is 45.3 Å². The van der Waals surface area contributed by atoms with Crippen molar-refractivity contribution in [1.29, 1.82) is 0 Å². The zero-order chi connectivity index (χ0) is 13.7. The van der Waals surface area contributed by atoms with E-state index in [2.05, 4.69) is 15.9 Å². The van der Waals surface area contributed by atoms with E-state index in [4.69, 9.17) is 0 Å². The summed E-state index contributed by atoms with van der Waals surface area (Å²) in [6, 6.07) is 4.62. The van der Waals surface area contributed by atoms with Gasteiger partial charge in [-0.15, -0.1) is 0 Å². The number of benzene rings is 1. The molecule has 2 N–H and O–H groups in total. The lowest BCUT2D eigenvalue weighted by Crippen LogP contribution is -2.34. The molecule has 0 aliphatic carbocycles. The van der Waals surface area contributed by atoms with Gasteiger partial charge in [0.05, 0.1) is 16.7 Å². The van der Waals surface area contributed by atoms with E-state index >= 15 is 0 Å². The summed E-state index contributed by atoms with van der Waals surface area (Å²) in [7, 11) is 0. The van der Waals surface area contributed by atoms with Crippen LogP contribution in [-0.2, 0) is 6.42 Å². The number of aliphatic hydroxyl groups is 2. The van der Waals surface area contributed by atoms with Gasteiger partial charge in [-0.05, 0) is 39.5 Å². The Bertz CT molecular complexity index is 380. The van der Waals surface area contributed by atoms with Crippen LogP contribution in [0, 0.1) is 11.7 Å². The van der Waals surface area contributed by atoms with Gasteiger partial charge in [0, 0.05) is 6.42 Å². The lowest BCUT2D eigenvalue weighted by Gasteiger charge is -2.25. The van der Waals surface area contributed by atoms with Gasteiger partial charge in [0.1, 0.15) is 5.82 Å². The molecule has 1 rings (SSSR count). The quantitative estimate of drug-likeness (QED) is 0.845. The lowest BCUT2D eigenvalue weighted by atomic mass is 9.90. The highest BCUT2D eigenvalue weighted by molar-refractivity contribution is 9.10. The van der Waals surface area contributed by atoms with Gasteiger partial charge < -0.3 is 10.2 Å². The molecule has 1 aromatic carbocycles. The van der Waals surface area contributed by atoms with Gasteiger partial charge in [-0.3, -0.25) is 0 Å². The largest absolute Gasteiger partial charge is 0.390 e. The molecule has 0 radical (unpaired) electrons. The molecule has 0 aliphatic rings. The van der Waals surface area contributed by atoms with Crippen molar-refractivity contribution in [2.75, 3.05) is 0 Å². The van der Waals surface area contributed by atoms with E-state index in [9.17, 15) is 14.6 Å². The normalized spacial score (nSPS) is 14.8. The smallest absolute Gasteiger partial charge is 0.137 e. The summed E-state index contributed by atoms with van der Waals surface area (Å²) in [6.07, 6.45) is 0.455. The van der Waals surface area contributed by atoms with Gasteiger partial charge in [-0.1, -0.05) is 32.8 Å². The minimum atomic E-state index is -0.813. The third kappa shape index (κ3) is 4.04. The van der Waals surface area contributed by atoms with Gasteiger partial charge in [0.2, 0.25) is 0 Å². The number of halogens is 2. The first-order chi connectivity index (χ1) is 8.49. The van der Waals surface area contributed by atoms with Crippen molar-refractivity contribution in [3.05, 3.63) is 34.1 Å². The summed E-state index contributed by atoms with van der Waals surface area (Å²) >= 11 is 3.11. The van der Waals surface area contributed by atoms with E-state index < -0.39 is 12.2 Å². The van der Waals surface area contributed by atoms with Crippen LogP contribution in [0.5, 0.6) is 0 Å². The highest BCUT2D eigenvalue weighted by Gasteiger charge is 2.24. The Balaban J connectivity index is 2.68. The summed E-state index contributed by atoms with van der Waals surface area (Å²) in [5.74, 6) is -0.224. The van der Waals surface area contributed by atoms with Gasteiger partial charge in [-0.25, -0.2) is 4.39 Å². The highest BCUT2D eigenvalue weighted by Crippen LogP contribution is 2.21. The van der Waals surface area contributed by atoms with Crippen LogP contribution in [0.25, 0.3) is 0 Å². The molecule has 0 aromatic heterocycles. The molecule has 2 nitrogen and oxygen atoms in total. The van der Waals surface area contributed by atoms with Crippen LogP contribution in [0.1, 0.15) is 32.3 Å². The second-order valence-electron chi connectivity index (χ2n) is 4.59. The average Bonchev–Trinajstić information content (AvgIpc) is 2.35. The molecule has 0 saturated heterocycles. The summed E-state index contributed by atoms with van der Waals surface area (Å²) in [4.78, 5) is 0. The van der Waals surface area contributed by atoms with E-state index in [0.29, 0.717) is 10.9 Å². The first kappa shape index (κ1) is 15.6. The molecule has 0 saturated carbocycles. The molecule has 102 valence electrons. The van der Waals surface area contributed by atoms with Crippen molar-refractivity contribution in [3.8, 4) is 0 Å². The van der Waals surface area contributed by atoms with Crippen molar-refractivity contribution in [2.24, 2.45) is 5.92 Å². The lowest BCUT2D eigenvalue weighted by molar-refractivity contribution is -0.0187. The Morgan fingerprint density at radius 1 is 1.22 bits per heavy atom. The third-order valence-electron chi connectivity index (χ3n) is 3.35. The molecule has 4 heteroatoms. The van der Waals surface area contributed by atoms with Gasteiger partial charge in [0.15, 0.2) is 0 Å². The maximum absolute atomic E-state index is 13.1. The van der Waals surface area contributed by atoms with E-state index in [0.717, 1.165) is 18.4 Å². The molecular formula is C14H20BrFO2. The summed E-state index contributed by atoms with van der Waals surface area (Å²) in [6.45, 7) is 4.00. The highest BCUT2D eigenvalue weighted by atomic mass is 79.9. The SMILES string of the molecule is CCC(CC)C(O)C(O)Cc1ccc(F)c(Br)c1. The summed E-state index contributed by atoms with van der Waals surface area (Å²) in [5, 5.41) is 20.0. The average molecular weight is 319 g/mol. The molecule has 0 fully saturated rings. The van der Waals surface area contributed by atoms with Crippen LogP contribution in [0.4, 0.5) is 4.39 Å². The van der Waals surface area contributed by atoms with Crippen LogP contribution < -0.4 is 0 Å². The molecule has 2 atom stereocenters.